The fourth-order valence-corrected chi connectivity index (χ4v) is 1.19. The summed E-state index contributed by atoms with van der Waals surface area (Å²) in [4.78, 5) is 0. The third kappa shape index (κ3) is 2.10. The molecule has 0 atom stereocenters. The maximum atomic E-state index is 8.91. The summed E-state index contributed by atoms with van der Waals surface area (Å²) in [5, 5.41) is 21.0. The molecule has 1 aromatic rings. The van der Waals surface area contributed by atoms with Gasteiger partial charge < -0.3 is 10.4 Å². The van der Waals surface area contributed by atoms with E-state index in [1.165, 1.54) is 0 Å². The summed E-state index contributed by atoms with van der Waals surface area (Å²) in [5.74, 6) is 0. The van der Waals surface area contributed by atoms with E-state index in [0.717, 1.165) is 5.56 Å². The van der Waals surface area contributed by atoms with Gasteiger partial charge in [-0.15, -0.1) is 0 Å². The molecular weight excluding hydrogens is 180 g/mol. The molecule has 0 aliphatic rings. The van der Waals surface area contributed by atoms with Crippen LogP contribution < -0.4 is 5.48 Å². The van der Waals surface area contributed by atoms with Gasteiger partial charge >= 0.3 is 0 Å². The number of hydroxylamine groups is 1. The van der Waals surface area contributed by atoms with Gasteiger partial charge in [-0.3, -0.25) is 0 Å². The minimum atomic E-state index is -0.782. The largest absolute Gasteiger partial charge is 0.411 e. The number of rotatable bonds is 3. The lowest BCUT2D eigenvalue weighted by Crippen LogP contribution is -2.45. The lowest BCUT2D eigenvalue weighted by atomic mass is 9.93. The Labute approximate surface area is 82.8 Å². The van der Waals surface area contributed by atoms with Crippen LogP contribution >= 0.6 is 0 Å². The number of oxime groups is 1. The van der Waals surface area contributed by atoms with Crippen LogP contribution in [-0.4, -0.2) is 21.7 Å². The molecule has 4 nitrogen and oxygen atoms in total. The molecule has 0 bridgehead atoms. The van der Waals surface area contributed by atoms with Crippen LogP contribution in [0.4, 0.5) is 0 Å². The van der Waals surface area contributed by atoms with Gasteiger partial charge in [-0.05, 0) is 13.8 Å². The first-order valence-corrected chi connectivity index (χ1v) is 4.31. The van der Waals surface area contributed by atoms with E-state index in [2.05, 4.69) is 10.6 Å². The third-order valence-electron chi connectivity index (χ3n) is 2.02. The first-order chi connectivity index (χ1) is 6.61. The Morgan fingerprint density at radius 2 is 1.86 bits per heavy atom. The van der Waals surface area contributed by atoms with Crippen molar-refractivity contribution >= 4 is 5.71 Å². The zero-order valence-corrected chi connectivity index (χ0v) is 8.23. The molecule has 0 amide bonds. The Morgan fingerprint density at radius 3 is 2.29 bits per heavy atom. The second-order valence-corrected chi connectivity index (χ2v) is 3.55. The number of benzene rings is 1. The maximum absolute atomic E-state index is 8.91. The minimum absolute atomic E-state index is 0.389. The topological polar surface area (TPSA) is 64.8 Å². The molecular formula is C10H14N2O2. The second kappa shape index (κ2) is 4.21. The Morgan fingerprint density at radius 1 is 1.29 bits per heavy atom. The normalized spacial score (nSPS) is 12.9. The highest BCUT2D eigenvalue weighted by atomic mass is 16.5. The van der Waals surface area contributed by atoms with Gasteiger partial charge in [0, 0.05) is 5.56 Å². The Bertz CT molecular complexity index is 320. The molecule has 1 rings (SSSR count). The van der Waals surface area contributed by atoms with Crippen molar-refractivity contribution in [2.75, 3.05) is 0 Å². The van der Waals surface area contributed by atoms with Crippen LogP contribution in [0.1, 0.15) is 19.4 Å². The van der Waals surface area contributed by atoms with Crippen LogP contribution in [-0.2, 0) is 0 Å². The first-order valence-electron chi connectivity index (χ1n) is 4.31. The van der Waals surface area contributed by atoms with Gasteiger partial charge in [-0.25, -0.2) is 0 Å². The summed E-state index contributed by atoms with van der Waals surface area (Å²) >= 11 is 0. The quantitative estimate of drug-likeness (QED) is 0.389. The van der Waals surface area contributed by atoms with Gasteiger partial charge in [0.05, 0.1) is 5.54 Å². The maximum Gasteiger partial charge on any atom is 0.108 e. The monoisotopic (exact) mass is 194 g/mol. The molecule has 0 fully saturated rings. The predicted octanol–water partition coefficient (Wildman–Crippen LogP) is 1.62. The smallest absolute Gasteiger partial charge is 0.108 e. The lowest BCUT2D eigenvalue weighted by Gasteiger charge is -2.23. The molecule has 0 saturated heterocycles. The van der Waals surface area contributed by atoms with Crippen LogP contribution in [0.5, 0.6) is 0 Å². The predicted molar refractivity (Wildman–Crippen MR) is 53.8 cm³/mol. The van der Waals surface area contributed by atoms with Gasteiger partial charge in [-0.2, -0.15) is 5.48 Å². The van der Waals surface area contributed by atoms with Crippen LogP contribution in [0, 0.1) is 0 Å². The highest BCUT2D eigenvalue weighted by Crippen LogP contribution is 2.13. The SMILES string of the molecule is CC(C)(NO)/C(=N/O)c1ccccc1. The van der Waals surface area contributed by atoms with Gasteiger partial charge in [-0.1, -0.05) is 35.5 Å². The Balaban J connectivity index is 3.07. The van der Waals surface area contributed by atoms with E-state index in [1.807, 2.05) is 30.3 Å². The van der Waals surface area contributed by atoms with E-state index in [-0.39, 0.29) is 0 Å². The molecule has 0 unspecified atom stereocenters. The Kier molecular flexibility index (Phi) is 3.22. The van der Waals surface area contributed by atoms with Crippen molar-refractivity contribution in [1.29, 1.82) is 0 Å². The van der Waals surface area contributed by atoms with Crippen LogP contribution in [0.15, 0.2) is 35.5 Å². The summed E-state index contributed by atoms with van der Waals surface area (Å²) in [5.41, 5.74) is 2.47. The molecule has 0 aliphatic heterocycles. The average Bonchev–Trinajstić information content (AvgIpc) is 2.20. The van der Waals surface area contributed by atoms with Crippen molar-refractivity contribution < 1.29 is 10.4 Å². The summed E-state index contributed by atoms with van der Waals surface area (Å²) in [6.45, 7) is 3.43. The average molecular weight is 194 g/mol. The molecule has 0 radical (unpaired) electrons. The number of hydrogen-bond donors (Lipinski definition) is 3. The summed E-state index contributed by atoms with van der Waals surface area (Å²) < 4.78 is 0. The zero-order chi connectivity index (χ0) is 10.6. The van der Waals surface area contributed by atoms with Crippen LogP contribution in [0.25, 0.3) is 0 Å². The molecule has 3 N–H and O–H groups in total. The van der Waals surface area contributed by atoms with E-state index in [1.54, 1.807) is 13.8 Å². The summed E-state index contributed by atoms with van der Waals surface area (Å²) in [6, 6.07) is 9.18. The minimum Gasteiger partial charge on any atom is -0.411 e. The molecule has 0 saturated carbocycles. The third-order valence-corrected chi connectivity index (χ3v) is 2.02. The fourth-order valence-electron chi connectivity index (χ4n) is 1.19. The van der Waals surface area contributed by atoms with Crippen LogP contribution in [0.2, 0.25) is 0 Å². The van der Waals surface area contributed by atoms with Gasteiger partial charge in [0.25, 0.3) is 0 Å². The van der Waals surface area contributed by atoms with Gasteiger partial charge in [0.15, 0.2) is 0 Å². The molecule has 14 heavy (non-hydrogen) atoms. The van der Waals surface area contributed by atoms with Gasteiger partial charge in [0.2, 0.25) is 0 Å². The highest BCUT2D eigenvalue weighted by Gasteiger charge is 2.25. The van der Waals surface area contributed by atoms with Crippen LogP contribution in [0.3, 0.4) is 0 Å². The van der Waals surface area contributed by atoms with Crippen molar-refractivity contribution in [2.45, 2.75) is 19.4 Å². The second-order valence-electron chi connectivity index (χ2n) is 3.55. The number of nitrogens with zero attached hydrogens (tertiary/aromatic N) is 1. The molecule has 1 aromatic carbocycles. The van der Waals surface area contributed by atoms with Crippen molar-refractivity contribution in [3.63, 3.8) is 0 Å². The molecule has 0 aliphatic carbocycles. The van der Waals surface area contributed by atoms with Crippen molar-refractivity contribution in [3.05, 3.63) is 35.9 Å². The summed E-state index contributed by atoms with van der Waals surface area (Å²) in [6.07, 6.45) is 0. The van der Waals surface area contributed by atoms with Crippen molar-refractivity contribution in [2.24, 2.45) is 5.16 Å². The van der Waals surface area contributed by atoms with E-state index in [9.17, 15) is 0 Å². The Hall–Kier alpha value is -1.39. The number of nitrogens with one attached hydrogen (secondary N) is 1. The van der Waals surface area contributed by atoms with E-state index in [4.69, 9.17) is 10.4 Å². The van der Waals surface area contributed by atoms with E-state index < -0.39 is 5.54 Å². The molecule has 0 heterocycles. The molecule has 0 spiro atoms. The molecule has 0 aromatic heterocycles. The lowest BCUT2D eigenvalue weighted by molar-refractivity contribution is 0.113. The highest BCUT2D eigenvalue weighted by molar-refractivity contribution is 6.06. The molecule has 4 heteroatoms. The van der Waals surface area contributed by atoms with Crippen molar-refractivity contribution in [3.8, 4) is 0 Å². The number of hydrogen-bond acceptors (Lipinski definition) is 4. The van der Waals surface area contributed by atoms with Gasteiger partial charge in [0.1, 0.15) is 5.71 Å². The van der Waals surface area contributed by atoms with E-state index >= 15 is 0 Å². The van der Waals surface area contributed by atoms with E-state index in [0.29, 0.717) is 5.71 Å². The summed E-state index contributed by atoms with van der Waals surface area (Å²) in [7, 11) is 0. The van der Waals surface area contributed by atoms with Crippen molar-refractivity contribution in [1.82, 2.24) is 5.48 Å². The standard InChI is InChI=1S/C10H14N2O2/c1-10(2,12-14)9(11-13)8-6-4-3-5-7-8/h3-7,12-14H,1-2H3/b11-9+. The zero-order valence-electron chi connectivity index (χ0n) is 8.23. The molecule has 76 valence electrons. The fraction of sp³-hybridized carbons (Fsp3) is 0.300. The first kappa shape index (κ1) is 10.7.